The molecule has 1 heterocycles. The Kier molecular flexibility index (Phi) is 4.15. The Morgan fingerprint density at radius 3 is 2.00 bits per heavy atom. The van der Waals surface area contributed by atoms with E-state index in [1.807, 2.05) is 0 Å². The topological polar surface area (TPSA) is 46.6 Å². The van der Waals surface area contributed by atoms with Crippen molar-refractivity contribution in [2.45, 2.75) is 0 Å². The highest BCUT2D eigenvalue weighted by Crippen LogP contribution is 2.39. The van der Waals surface area contributed by atoms with Crippen LogP contribution in [0.1, 0.15) is 20.7 Å². The molecule has 0 fully saturated rings. The van der Waals surface area contributed by atoms with Gasteiger partial charge in [0.25, 0.3) is 11.8 Å². The fraction of sp³-hybridized carbons (Fsp3) is 0. The van der Waals surface area contributed by atoms with Crippen molar-refractivity contribution in [3.63, 3.8) is 0 Å². The SMILES string of the molecule is O=C1c2ccccc2C(=O)N1c1ccccc1Oc1ccc(Cl)cc1Cl. The van der Waals surface area contributed by atoms with Crippen LogP contribution in [0.4, 0.5) is 5.69 Å². The standard InChI is InChI=1S/C20H11Cl2NO3/c21-12-9-10-17(15(22)11-12)26-18-8-4-3-7-16(18)23-19(24)13-5-1-2-6-14(13)20(23)25/h1-11H. The van der Waals surface area contributed by atoms with E-state index in [-0.39, 0.29) is 11.8 Å². The first-order valence-electron chi connectivity index (χ1n) is 7.76. The highest BCUT2D eigenvalue weighted by atomic mass is 35.5. The minimum atomic E-state index is -0.385. The lowest BCUT2D eigenvalue weighted by Gasteiger charge is -2.18. The molecule has 3 aromatic carbocycles. The number of anilines is 1. The molecule has 0 bridgehead atoms. The third kappa shape index (κ3) is 2.73. The number of carbonyl (C=O) groups is 2. The molecular weight excluding hydrogens is 373 g/mol. The van der Waals surface area contributed by atoms with Gasteiger partial charge in [-0.3, -0.25) is 9.59 Å². The van der Waals surface area contributed by atoms with Crippen LogP contribution in [-0.4, -0.2) is 11.8 Å². The van der Waals surface area contributed by atoms with Gasteiger partial charge in [0.05, 0.1) is 21.8 Å². The number of rotatable bonds is 3. The van der Waals surface area contributed by atoms with Gasteiger partial charge >= 0.3 is 0 Å². The molecule has 1 aliphatic rings. The Labute approximate surface area is 159 Å². The van der Waals surface area contributed by atoms with Crippen LogP contribution >= 0.6 is 23.2 Å². The minimum Gasteiger partial charge on any atom is -0.454 e. The second kappa shape index (κ2) is 6.48. The van der Waals surface area contributed by atoms with Crippen molar-refractivity contribution in [2.24, 2.45) is 0 Å². The third-order valence-electron chi connectivity index (χ3n) is 4.01. The van der Waals surface area contributed by atoms with Gasteiger partial charge in [0.2, 0.25) is 0 Å². The number of ether oxygens (including phenoxy) is 1. The average Bonchev–Trinajstić information content (AvgIpc) is 2.89. The summed E-state index contributed by atoms with van der Waals surface area (Å²) in [5.74, 6) is -0.0564. The summed E-state index contributed by atoms with van der Waals surface area (Å²) in [6, 6.07) is 18.4. The lowest BCUT2D eigenvalue weighted by atomic mass is 10.1. The first-order valence-corrected chi connectivity index (χ1v) is 8.51. The molecule has 26 heavy (non-hydrogen) atoms. The summed E-state index contributed by atoms with van der Waals surface area (Å²) in [7, 11) is 0. The Hall–Kier alpha value is -2.82. The van der Waals surface area contributed by atoms with Crippen molar-refractivity contribution in [1.82, 2.24) is 0 Å². The molecule has 0 aromatic heterocycles. The van der Waals surface area contributed by atoms with Gasteiger partial charge in [-0.15, -0.1) is 0 Å². The van der Waals surface area contributed by atoms with Crippen molar-refractivity contribution >= 4 is 40.7 Å². The van der Waals surface area contributed by atoms with E-state index in [4.69, 9.17) is 27.9 Å². The Morgan fingerprint density at radius 1 is 0.731 bits per heavy atom. The van der Waals surface area contributed by atoms with E-state index in [0.29, 0.717) is 38.4 Å². The molecule has 0 N–H and O–H groups in total. The first kappa shape index (κ1) is 16.6. The van der Waals surface area contributed by atoms with Crippen LogP contribution in [0.5, 0.6) is 11.5 Å². The van der Waals surface area contributed by atoms with Gasteiger partial charge in [-0.1, -0.05) is 47.5 Å². The van der Waals surface area contributed by atoms with Crippen molar-refractivity contribution in [1.29, 1.82) is 0 Å². The smallest absolute Gasteiger partial charge is 0.266 e. The molecule has 0 radical (unpaired) electrons. The number of nitrogens with zero attached hydrogens (tertiary/aromatic N) is 1. The number of hydrogen-bond donors (Lipinski definition) is 0. The van der Waals surface area contributed by atoms with Crippen LogP contribution in [0, 0.1) is 0 Å². The summed E-state index contributed by atoms with van der Waals surface area (Å²) in [6.45, 7) is 0. The van der Waals surface area contributed by atoms with Crippen molar-refractivity contribution in [2.75, 3.05) is 4.90 Å². The molecule has 4 rings (SSSR count). The lowest BCUT2D eigenvalue weighted by Crippen LogP contribution is -2.29. The molecule has 3 aromatic rings. The molecule has 6 heteroatoms. The molecule has 0 spiro atoms. The molecule has 0 atom stereocenters. The monoisotopic (exact) mass is 383 g/mol. The Morgan fingerprint density at radius 2 is 1.35 bits per heavy atom. The molecular formula is C20H11Cl2NO3. The van der Waals surface area contributed by atoms with E-state index in [9.17, 15) is 9.59 Å². The van der Waals surface area contributed by atoms with Crippen molar-refractivity contribution in [3.8, 4) is 11.5 Å². The van der Waals surface area contributed by atoms with Crippen LogP contribution in [0.25, 0.3) is 0 Å². The predicted octanol–water partition coefficient (Wildman–Crippen LogP) is 5.59. The second-order valence-corrected chi connectivity index (χ2v) is 6.48. The summed E-state index contributed by atoms with van der Waals surface area (Å²) >= 11 is 12.1. The molecule has 0 saturated carbocycles. The number of benzene rings is 3. The molecule has 1 aliphatic heterocycles. The number of amides is 2. The molecule has 0 unspecified atom stereocenters. The molecule has 0 aliphatic carbocycles. The predicted molar refractivity (Wildman–Crippen MR) is 101 cm³/mol. The number of halogens is 2. The van der Waals surface area contributed by atoms with E-state index in [1.54, 1.807) is 66.7 Å². The maximum atomic E-state index is 12.7. The van der Waals surface area contributed by atoms with Gasteiger partial charge in [-0.05, 0) is 42.5 Å². The second-order valence-electron chi connectivity index (χ2n) is 5.64. The van der Waals surface area contributed by atoms with Crippen LogP contribution in [0.15, 0.2) is 66.7 Å². The summed E-state index contributed by atoms with van der Waals surface area (Å²) in [4.78, 5) is 26.6. The van der Waals surface area contributed by atoms with Gasteiger partial charge in [0.15, 0.2) is 5.75 Å². The van der Waals surface area contributed by atoms with Crippen LogP contribution < -0.4 is 9.64 Å². The van der Waals surface area contributed by atoms with Crippen LogP contribution in [0.2, 0.25) is 10.0 Å². The zero-order chi connectivity index (χ0) is 18.3. The van der Waals surface area contributed by atoms with E-state index in [0.717, 1.165) is 4.90 Å². The van der Waals surface area contributed by atoms with Gasteiger partial charge in [-0.25, -0.2) is 4.90 Å². The zero-order valence-corrected chi connectivity index (χ0v) is 14.8. The van der Waals surface area contributed by atoms with Gasteiger partial charge in [0, 0.05) is 5.02 Å². The van der Waals surface area contributed by atoms with Crippen LogP contribution in [-0.2, 0) is 0 Å². The van der Waals surface area contributed by atoms with E-state index in [1.165, 1.54) is 0 Å². The normalized spacial score (nSPS) is 13.1. The highest BCUT2D eigenvalue weighted by Gasteiger charge is 2.37. The quantitative estimate of drug-likeness (QED) is 0.554. The number of fused-ring (bicyclic) bond motifs is 1. The highest BCUT2D eigenvalue weighted by molar-refractivity contribution is 6.36. The molecule has 2 amide bonds. The average molecular weight is 384 g/mol. The van der Waals surface area contributed by atoms with Gasteiger partial charge in [0.1, 0.15) is 5.75 Å². The fourth-order valence-corrected chi connectivity index (χ4v) is 3.26. The number of para-hydroxylation sites is 2. The molecule has 0 saturated heterocycles. The maximum Gasteiger partial charge on any atom is 0.266 e. The molecule has 128 valence electrons. The van der Waals surface area contributed by atoms with E-state index in [2.05, 4.69) is 0 Å². The van der Waals surface area contributed by atoms with Gasteiger partial charge < -0.3 is 4.74 Å². The maximum absolute atomic E-state index is 12.7. The number of carbonyl (C=O) groups excluding carboxylic acids is 2. The minimum absolute atomic E-state index is 0.328. The fourth-order valence-electron chi connectivity index (χ4n) is 2.81. The number of hydrogen-bond acceptors (Lipinski definition) is 3. The Balaban J connectivity index is 1.76. The summed E-state index contributed by atoms with van der Waals surface area (Å²) in [6.07, 6.45) is 0. The third-order valence-corrected chi connectivity index (χ3v) is 4.54. The Bertz CT molecular complexity index is 1010. The van der Waals surface area contributed by atoms with Crippen molar-refractivity contribution in [3.05, 3.63) is 87.9 Å². The number of imide groups is 1. The van der Waals surface area contributed by atoms with Gasteiger partial charge in [-0.2, -0.15) is 0 Å². The lowest BCUT2D eigenvalue weighted by molar-refractivity contribution is 0.0925. The van der Waals surface area contributed by atoms with E-state index < -0.39 is 0 Å². The summed E-state index contributed by atoms with van der Waals surface area (Å²) in [5, 5.41) is 0.811. The van der Waals surface area contributed by atoms with Crippen molar-refractivity contribution < 1.29 is 14.3 Å². The first-order chi connectivity index (χ1) is 12.6. The van der Waals surface area contributed by atoms with E-state index >= 15 is 0 Å². The molecule has 4 nitrogen and oxygen atoms in total. The zero-order valence-electron chi connectivity index (χ0n) is 13.3. The summed E-state index contributed by atoms with van der Waals surface area (Å²) < 4.78 is 5.87. The van der Waals surface area contributed by atoms with Crippen LogP contribution in [0.3, 0.4) is 0 Å². The summed E-state index contributed by atoms with van der Waals surface area (Å²) in [5.41, 5.74) is 1.10. The largest absolute Gasteiger partial charge is 0.454 e.